The summed E-state index contributed by atoms with van der Waals surface area (Å²) in [5, 5.41) is 7.26. The first-order chi connectivity index (χ1) is 14.6. The topological polar surface area (TPSA) is 88.9 Å². The van der Waals surface area contributed by atoms with Crippen molar-refractivity contribution >= 4 is 21.5 Å². The molecule has 2 N–H and O–H groups in total. The summed E-state index contributed by atoms with van der Waals surface area (Å²) >= 11 is 0. The fraction of sp³-hybridized carbons (Fsp3) is 0.263. The van der Waals surface area contributed by atoms with E-state index >= 15 is 0 Å². The second kappa shape index (κ2) is 7.61. The van der Waals surface area contributed by atoms with Crippen molar-refractivity contribution in [3.63, 3.8) is 0 Å². The fourth-order valence-electron chi connectivity index (χ4n) is 3.29. The van der Waals surface area contributed by atoms with Crippen LogP contribution in [0.25, 0.3) is 11.3 Å². The minimum absolute atomic E-state index is 0.0209. The molecular formula is C19H17F4N5O2S. The molecule has 0 fully saturated rings. The molecule has 0 amide bonds. The van der Waals surface area contributed by atoms with Gasteiger partial charge in [0.05, 0.1) is 22.7 Å². The summed E-state index contributed by atoms with van der Waals surface area (Å²) in [6, 6.07) is 7.94. The Bertz CT molecular complexity index is 1200. The Morgan fingerprint density at radius 3 is 2.55 bits per heavy atom. The Morgan fingerprint density at radius 2 is 1.94 bits per heavy atom. The molecule has 4 rings (SSSR count). The Balaban J connectivity index is 1.74. The van der Waals surface area contributed by atoms with Crippen molar-refractivity contribution in [1.82, 2.24) is 19.5 Å². The second-order valence-electron chi connectivity index (χ2n) is 6.97. The quantitative estimate of drug-likeness (QED) is 0.575. The number of halogens is 4. The summed E-state index contributed by atoms with van der Waals surface area (Å²) in [7, 11) is -2.48. The van der Waals surface area contributed by atoms with E-state index in [1.807, 2.05) is 0 Å². The Morgan fingerprint density at radius 1 is 1.16 bits per heavy atom. The predicted molar refractivity (Wildman–Crippen MR) is 105 cm³/mol. The molecule has 31 heavy (non-hydrogen) atoms. The summed E-state index contributed by atoms with van der Waals surface area (Å²) in [4.78, 5) is 3.76. The lowest BCUT2D eigenvalue weighted by atomic mass is 10.1. The highest BCUT2D eigenvalue weighted by molar-refractivity contribution is 7.89. The lowest BCUT2D eigenvalue weighted by Crippen LogP contribution is -2.18. The van der Waals surface area contributed by atoms with Gasteiger partial charge in [-0.3, -0.25) is 4.68 Å². The lowest BCUT2D eigenvalue weighted by molar-refractivity contribution is -0.137. The zero-order valence-corrected chi connectivity index (χ0v) is 16.9. The number of hydrogen-bond donors (Lipinski definition) is 2. The van der Waals surface area contributed by atoms with Crippen LogP contribution in [-0.4, -0.2) is 36.4 Å². The van der Waals surface area contributed by atoms with Gasteiger partial charge in [-0.05, 0) is 43.4 Å². The van der Waals surface area contributed by atoms with E-state index in [4.69, 9.17) is 0 Å². The number of fused-ring (bicyclic) bond motifs is 1. The van der Waals surface area contributed by atoms with Crippen LogP contribution in [0.2, 0.25) is 0 Å². The number of rotatable bonds is 5. The highest BCUT2D eigenvalue weighted by Gasteiger charge is 2.30. The van der Waals surface area contributed by atoms with Crippen LogP contribution in [0, 0.1) is 0 Å². The number of aromatic nitrogens is 3. The van der Waals surface area contributed by atoms with Crippen LogP contribution < -0.4 is 10.0 Å². The second-order valence-corrected chi connectivity index (χ2v) is 8.86. The lowest BCUT2D eigenvalue weighted by Gasteiger charge is -2.13. The van der Waals surface area contributed by atoms with E-state index in [0.29, 0.717) is 28.8 Å². The van der Waals surface area contributed by atoms with Crippen molar-refractivity contribution in [2.45, 2.75) is 30.2 Å². The van der Waals surface area contributed by atoms with Crippen molar-refractivity contribution in [3.8, 4) is 11.3 Å². The summed E-state index contributed by atoms with van der Waals surface area (Å²) in [6.07, 6.45) is -4.63. The van der Waals surface area contributed by atoms with E-state index in [0.717, 1.165) is 6.07 Å². The standard InChI is InChI=1S/C19H17F4N5O2S/c1-24-31(29,30)14-3-4-16(26-18-5-2-11(9-25-18)19(21,22)23)15(8-14)17-7-13-6-12(20)10-28(13)27-17/h2-5,7-9,12,24H,6,10H2,1H3,(H,25,26). The predicted octanol–water partition coefficient (Wildman–Crippen LogP) is 3.51. The van der Waals surface area contributed by atoms with Crippen LogP contribution in [0.5, 0.6) is 0 Å². The van der Waals surface area contributed by atoms with Gasteiger partial charge in [0.15, 0.2) is 0 Å². The minimum Gasteiger partial charge on any atom is -0.340 e. The number of pyridine rings is 1. The first kappa shape index (κ1) is 21.2. The smallest absolute Gasteiger partial charge is 0.340 e. The molecule has 0 saturated carbocycles. The zero-order chi connectivity index (χ0) is 22.4. The maximum Gasteiger partial charge on any atom is 0.417 e. The molecule has 3 aromatic rings. The molecule has 0 spiro atoms. The molecule has 0 radical (unpaired) electrons. The van der Waals surface area contributed by atoms with E-state index in [2.05, 4.69) is 20.1 Å². The average Bonchev–Trinajstić information content (AvgIpc) is 3.25. The van der Waals surface area contributed by atoms with E-state index in [-0.39, 0.29) is 23.7 Å². The van der Waals surface area contributed by atoms with Crippen molar-refractivity contribution in [2.75, 3.05) is 12.4 Å². The van der Waals surface area contributed by atoms with E-state index < -0.39 is 27.9 Å². The largest absolute Gasteiger partial charge is 0.417 e. The number of sulfonamides is 1. The summed E-state index contributed by atoms with van der Waals surface area (Å²) in [5.41, 5.74) is 0.957. The van der Waals surface area contributed by atoms with Gasteiger partial charge in [0.1, 0.15) is 12.0 Å². The van der Waals surface area contributed by atoms with Gasteiger partial charge in [0.2, 0.25) is 10.0 Å². The minimum atomic E-state index is -4.51. The molecule has 7 nitrogen and oxygen atoms in total. The molecule has 2 aromatic heterocycles. The Labute approximate surface area is 175 Å². The summed E-state index contributed by atoms with van der Waals surface area (Å²) in [6.45, 7) is 0.104. The molecule has 1 unspecified atom stereocenters. The first-order valence-corrected chi connectivity index (χ1v) is 10.6. The normalized spacial score (nSPS) is 16.4. The van der Waals surface area contributed by atoms with Crippen LogP contribution in [0.3, 0.4) is 0 Å². The van der Waals surface area contributed by atoms with Crippen molar-refractivity contribution < 1.29 is 26.0 Å². The maximum atomic E-state index is 13.6. The molecule has 0 aliphatic carbocycles. The molecule has 1 atom stereocenters. The van der Waals surface area contributed by atoms with Crippen LogP contribution >= 0.6 is 0 Å². The van der Waals surface area contributed by atoms with Crippen molar-refractivity contribution in [1.29, 1.82) is 0 Å². The van der Waals surface area contributed by atoms with Crippen LogP contribution in [-0.2, 0) is 29.2 Å². The summed E-state index contributed by atoms with van der Waals surface area (Å²) < 4.78 is 80.1. The SMILES string of the molecule is CNS(=O)(=O)c1ccc(Nc2ccc(C(F)(F)F)cn2)c(-c2cc3n(n2)CC(F)C3)c1. The third-order valence-electron chi connectivity index (χ3n) is 4.86. The fourth-order valence-corrected chi connectivity index (χ4v) is 4.05. The Hall–Kier alpha value is -2.99. The van der Waals surface area contributed by atoms with Gasteiger partial charge < -0.3 is 5.32 Å². The maximum absolute atomic E-state index is 13.6. The Kier molecular flexibility index (Phi) is 5.21. The number of nitrogens with one attached hydrogen (secondary N) is 2. The third kappa shape index (κ3) is 4.26. The number of hydrogen-bond acceptors (Lipinski definition) is 5. The zero-order valence-electron chi connectivity index (χ0n) is 16.1. The molecule has 1 aliphatic heterocycles. The van der Waals surface area contributed by atoms with Crippen LogP contribution in [0.15, 0.2) is 47.5 Å². The summed E-state index contributed by atoms with van der Waals surface area (Å²) in [5.74, 6) is 0.133. The molecule has 12 heteroatoms. The van der Waals surface area contributed by atoms with Crippen molar-refractivity contribution in [3.05, 3.63) is 53.9 Å². The van der Waals surface area contributed by atoms with Gasteiger partial charge in [-0.2, -0.15) is 18.3 Å². The van der Waals surface area contributed by atoms with E-state index in [9.17, 15) is 26.0 Å². The monoisotopic (exact) mass is 455 g/mol. The third-order valence-corrected chi connectivity index (χ3v) is 6.28. The van der Waals surface area contributed by atoms with Gasteiger partial charge in [-0.25, -0.2) is 22.5 Å². The van der Waals surface area contributed by atoms with Gasteiger partial charge in [0, 0.05) is 29.6 Å². The number of alkyl halides is 4. The van der Waals surface area contributed by atoms with Crippen LogP contribution in [0.1, 0.15) is 11.3 Å². The van der Waals surface area contributed by atoms with E-state index in [1.165, 1.54) is 36.0 Å². The average molecular weight is 455 g/mol. The molecular weight excluding hydrogens is 438 g/mol. The van der Waals surface area contributed by atoms with Gasteiger partial charge >= 0.3 is 6.18 Å². The number of benzene rings is 1. The molecule has 1 aromatic carbocycles. The highest BCUT2D eigenvalue weighted by atomic mass is 32.2. The van der Waals surface area contributed by atoms with Gasteiger partial charge in [-0.15, -0.1) is 0 Å². The van der Waals surface area contributed by atoms with Gasteiger partial charge in [0.25, 0.3) is 0 Å². The van der Waals surface area contributed by atoms with Crippen LogP contribution in [0.4, 0.5) is 29.1 Å². The molecule has 1 aliphatic rings. The number of anilines is 2. The number of nitrogens with zero attached hydrogens (tertiary/aromatic N) is 3. The highest BCUT2D eigenvalue weighted by Crippen LogP contribution is 2.34. The molecule has 3 heterocycles. The van der Waals surface area contributed by atoms with E-state index in [1.54, 1.807) is 6.07 Å². The van der Waals surface area contributed by atoms with Gasteiger partial charge in [-0.1, -0.05) is 0 Å². The molecule has 0 bridgehead atoms. The first-order valence-electron chi connectivity index (χ1n) is 9.16. The molecule has 164 valence electrons. The van der Waals surface area contributed by atoms with Crippen molar-refractivity contribution in [2.24, 2.45) is 0 Å². The molecule has 0 saturated heterocycles.